The molecule has 0 aromatic rings. The summed E-state index contributed by atoms with van der Waals surface area (Å²) in [7, 11) is 1.50. The summed E-state index contributed by atoms with van der Waals surface area (Å²) >= 11 is 0. The zero-order valence-electron chi connectivity index (χ0n) is 11.1. The molecule has 0 aromatic heterocycles. The van der Waals surface area contributed by atoms with Crippen molar-refractivity contribution in [3.05, 3.63) is 0 Å². The van der Waals surface area contributed by atoms with Gasteiger partial charge in [0.25, 0.3) is 0 Å². The van der Waals surface area contributed by atoms with Crippen molar-refractivity contribution in [2.24, 2.45) is 17.8 Å². The van der Waals surface area contributed by atoms with Crippen LogP contribution in [0.4, 0.5) is 0 Å². The molecule has 17 heavy (non-hydrogen) atoms. The van der Waals surface area contributed by atoms with E-state index in [1.807, 2.05) is 0 Å². The Labute approximate surface area is 104 Å². The average Bonchev–Trinajstić information content (AvgIpc) is 3.15. The normalized spacial score (nSPS) is 30.9. The Balaban J connectivity index is 1.86. The van der Waals surface area contributed by atoms with Gasteiger partial charge in [0.15, 0.2) is 0 Å². The summed E-state index contributed by atoms with van der Waals surface area (Å²) < 4.78 is 4.94. The van der Waals surface area contributed by atoms with Crippen LogP contribution in [0.15, 0.2) is 0 Å². The van der Waals surface area contributed by atoms with Crippen molar-refractivity contribution < 1.29 is 9.53 Å². The number of methoxy groups -OCH3 is 1. The van der Waals surface area contributed by atoms with Crippen LogP contribution in [0, 0.1) is 17.8 Å². The van der Waals surface area contributed by atoms with Crippen LogP contribution in [0.1, 0.15) is 45.4 Å². The number of ether oxygens (including phenoxy) is 1. The Kier molecular flexibility index (Phi) is 4.43. The Bertz CT molecular complexity index is 255. The van der Waals surface area contributed by atoms with E-state index >= 15 is 0 Å². The highest BCUT2D eigenvalue weighted by molar-refractivity contribution is 5.76. The van der Waals surface area contributed by atoms with E-state index in [0.29, 0.717) is 5.92 Å². The molecule has 0 aliphatic heterocycles. The Morgan fingerprint density at radius 2 is 1.88 bits per heavy atom. The second kappa shape index (κ2) is 5.85. The van der Waals surface area contributed by atoms with Crippen molar-refractivity contribution in [1.82, 2.24) is 5.32 Å². The maximum Gasteiger partial charge on any atom is 0.323 e. The molecule has 2 saturated carbocycles. The summed E-state index contributed by atoms with van der Waals surface area (Å²) in [6, 6.07) is -0.0619. The van der Waals surface area contributed by atoms with Gasteiger partial charge in [-0.3, -0.25) is 4.79 Å². The van der Waals surface area contributed by atoms with Crippen LogP contribution < -0.4 is 5.32 Å². The lowest BCUT2D eigenvalue weighted by Crippen LogP contribution is -2.45. The van der Waals surface area contributed by atoms with E-state index in [0.717, 1.165) is 18.4 Å². The maximum atomic E-state index is 11.8. The highest BCUT2D eigenvalue weighted by atomic mass is 16.5. The van der Waals surface area contributed by atoms with Crippen LogP contribution >= 0.6 is 0 Å². The third-order valence-electron chi connectivity index (χ3n) is 4.31. The molecule has 98 valence electrons. The first-order valence-corrected chi connectivity index (χ1v) is 7.02. The summed E-state index contributed by atoms with van der Waals surface area (Å²) in [5, 5.41) is 3.44. The topological polar surface area (TPSA) is 38.3 Å². The first-order chi connectivity index (χ1) is 8.20. The van der Waals surface area contributed by atoms with E-state index in [-0.39, 0.29) is 12.0 Å². The number of nitrogens with one attached hydrogen (secondary N) is 1. The molecule has 0 saturated heterocycles. The Morgan fingerprint density at radius 1 is 1.24 bits per heavy atom. The molecule has 0 bridgehead atoms. The van der Waals surface area contributed by atoms with Gasteiger partial charge in [-0.05, 0) is 50.0 Å². The molecule has 3 nitrogen and oxygen atoms in total. The molecule has 2 rings (SSSR count). The van der Waals surface area contributed by atoms with Crippen molar-refractivity contribution in [1.29, 1.82) is 0 Å². The van der Waals surface area contributed by atoms with E-state index in [1.165, 1.54) is 45.6 Å². The van der Waals surface area contributed by atoms with Gasteiger partial charge in [-0.25, -0.2) is 0 Å². The maximum absolute atomic E-state index is 11.8. The number of carbonyl (C=O) groups is 1. The van der Waals surface area contributed by atoms with Gasteiger partial charge in [0.05, 0.1) is 7.11 Å². The predicted molar refractivity (Wildman–Crippen MR) is 67.7 cm³/mol. The lowest BCUT2D eigenvalue weighted by atomic mass is 9.79. The first kappa shape index (κ1) is 12.9. The molecule has 0 heterocycles. The summed E-state index contributed by atoms with van der Waals surface area (Å²) in [5.41, 5.74) is 0. The molecule has 1 unspecified atom stereocenters. The van der Waals surface area contributed by atoms with Crippen molar-refractivity contribution in [2.75, 3.05) is 13.7 Å². The third-order valence-corrected chi connectivity index (χ3v) is 4.31. The van der Waals surface area contributed by atoms with Gasteiger partial charge < -0.3 is 10.1 Å². The summed E-state index contributed by atoms with van der Waals surface area (Å²) in [6.45, 7) is 3.30. The van der Waals surface area contributed by atoms with Crippen molar-refractivity contribution in [3.63, 3.8) is 0 Å². The molecule has 2 aliphatic carbocycles. The second-order valence-electron chi connectivity index (χ2n) is 5.87. The Hall–Kier alpha value is -0.570. The molecule has 0 radical (unpaired) electrons. The SMILES string of the molecule is COC(=O)C(NCC1CC1)C1CCC(C)CC1. The quantitative estimate of drug-likeness (QED) is 0.748. The van der Waals surface area contributed by atoms with E-state index in [2.05, 4.69) is 12.2 Å². The van der Waals surface area contributed by atoms with Crippen LogP contribution in [0.2, 0.25) is 0 Å². The number of carbonyl (C=O) groups excluding carboxylic acids is 1. The second-order valence-corrected chi connectivity index (χ2v) is 5.87. The fourth-order valence-corrected chi connectivity index (χ4v) is 2.80. The minimum atomic E-state index is -0.0646. The standard InChI is InChI=1S/C14H25NO2/c1-10-3-7-12(8-4-10)13(14(16)17-2)15-9-11-5-6-11/h10-13,15H,3-9H2,1-2H3. The number of rotatable bonds is 5. The van der Waals surface area contributed by atoms with Crippen molar-refractivity contribution in [3.8, 4) is 0 Å². The third kappa shape index (κ3) is 3.70. The minimum absolute atomic E-state index is 0.0619. The van der Waals surface area contributed by atoms with Crippen LogP contribution in [0.25, 0.3) is 0 Å². The fourth-order valence-electron chi connectivity index (χ4n) is 2.80. The van der Waals surface area contributed by atoms with E-state index in [1.54, 1.807) is 0 Å². The lowest BCUT2D eigenvalue weighted by molar-refractivity contribution is -0.145. The number of hydrogen-bond acceptors (Lipinski definition) is 3. The zero-order valence-corrected chi connectivity index (χ0v) is 11.1. The molecule has 1 N–H and O–H groups in total. The van der Waals surface area contributed by atoms with E-state index in [9.17, 15) is 4.79 Å². The van der Waals surface area contributed by atoms with Crippen LogP contribution in [-0.2, 0) is 9.53 Å². The molecule has 1 atom stereocenters. The largest absolute Gasteiger partial charge is 0.468 e. The molecule has 0 amide bonds. The first-order valence-electron chi connectivity index (χ1n) is 7.02. The van der Waals surface area contributed by atoms with Gasteiger partial charge in [0, 0.05) is 0 Å². The Morgan fingerprint density at radius 3 is 2.41 bits per heavy atom. The van der Waals surface area contributed by atoms with Gasteiger partial charge in [0.2, 0.25) is 0 Å². The minimum Gasteiger partial charge on any atom is -0.468 e. The number of esters is 1. The molecule has 2 aliphatic rings. The van der Waals surface area contributed by atoms with Gasteiger partial charge in [-0.2, -0.15) is 0 Å². The van der Waals surface area contributed by atoms with Gasteiger partial charge >= 0.3 is 5.97 Å². The zero-order chi connectivity index (χ0) is 12.3. The average molecular weight is 239 g/mol. The predicted octanol–water partition coefficient (Wildman–Crippen LogP) is 2.35. The fraction of sp³-hybridized carbons (Fsp3) is 0.929. The molecule has 3 heteroatoms. The van der Waals surface area contributed by atoms with Gasteiger partial charge in [-0.1, -0.05) is 19.8 Å². The van der Waals surface area contributed by atoms with E-state index < -0.39 is 0 Å². The van der Waals surface area contributed by atoms with Gasteiger partial charge in [0.1, 0.15) is 6.04 Å². The van der Waals surface area contributed by atoms with E-state index in [4.69, 9.17) is 4.74 Å². The molecule has 0 spiro atoms. The van der Waals surface area contributed by atoms with Crippen molar-refractivity contribution in [2.45, 2.75) is 51.5 Å². The highest BCUT2D eigenvalue weighted by Gasteiger charge is 2.33. The summed E-state index contributed by atoms with van der Waals surface area (Å²) in [4.78, 5) is 11.8. The van der Waals surface area contributed by atoms with Gasteiger partial charge in [-0.15, -0.1) is 0 Å². The summed E-state index contributed by atoms with van der Waals surface area (Å²) in [6.07, 6.45) is 7.48. The summed E-state index contributed by atoms with van der Waals surface area (Å²) in [5.74, 6) is 2.06. The number of hydrogen-bond donors (Lipinski definition) is 1. The molecule has 2 fully saturated rings. The monoisotopic (exact) mass is 239 g/mol. The smallest absolute Gasteiger partial charge is 0.323 e. The highest BCUT2D eigenvalue weighted by Crippen LogP contribution is 2.32. The van der Waals surface area contributed by atoms with Crippen LogP contribution in [-0.4, -0.2) is 25.7 Å². The van der Waals surface area contributed by atoms with Crippen molar-refractivity contribution >= 4 is 5.97 Å². The van der Waals surface area contributed by atoms with Crippen LogP contribution in [0.5, 0.6) is 0 Å². The van der Waals surface area contributed by atoms with Crippen LogP contribution in [0.3, 0.4) is 0 Å². The molecular formula is C14H25NO2. The molecular weight excluding hydrogens is 214 g/mol. The molecule has 0 aromatic carbocycles. The lowest BCUT2D eigenvalue weighted by Gasteiger charge is -2.31.